The van der Waals surface area contributed by atoms with E-state index in [1.807, 2.05) is 88.4 Å². The zero-order valence-electron chi connectivity index (χ0n) is 18.0. The first kappa shape index (κ1) is 20.4. The second-order valence-electron chi connectivity index (χ2n) is 7.52. The number of benzene rings is 3. The lowest BCUT2D eigenvalue weighted by Crippen LogP contribution is -2.11. The molecule has 0 aliphatic carbocycles. The van der Waals surface area contributed by atoms with Crippen molar-refractivity contribution in [3.8, 4) is 0 Å². The van der Waals surface area contributed by atoms with Crippen LogP contribution in [-0.4, -0.2) is 5.71 Å². The minimum atomic E-state index is -0.391. The highest BCUT2D eigenvalue weighted by atomic mass is 16.4. The molecule has 4 rings (SSSR count). The van der Waals surface area contributed by atoms with Gasteiger partial charge in [0.15, 0.2) is 0 Å². The largest absolute Gasteiger partial charge is 0.422 e. The molecule has 5 heteroatoms. The Balaban J connectivity index is 1.69. The van der Waals surface area contributed by atoms with Gasteiger partial charge < -0.3 is 4.42 Å². The Morgan fingerprint density at radius 3 is 2.23 bits per heavy atom. The molecule has 31 heavy (non-hydrogen) atoms. The zero-order chi connectivity index (χ0) is 22.0. The van der Waals surface area contributed by atoms with Gasteiger partial charge in [0.1, 0.15) is 5.58 Å². The van der Waals surface area contributed by atoms with Crippen molar-refractivity contribution in [3.05, 3.63) is 99.4 Å². The minimum Gasteiger partial charge on any atom is -0.422 e. The molecule has 4 aromatic rings. The van der Waals surface area contributed by atoms with Gasteiger partial charge in [0, 0.05) is 5.39 Å². The lowest BCUT2D eigenvalue weighted by molar-refractivity contribution is 0.559. The molecule has 0 bridgehead atoms. The molecule has 0 radical (unpaired) electrons. The molecular weight excluding hydrogens is 386 g/mol. The van der Waals surface area contributed by atoms with E-state index < -0.39 is 5.63 Å². The third kappa shape index (κ3) is 4.21. The summed E-state index contributed by atoms with van der Waals surface area (Å²) >= 11 is 0. The monoisotopic (exact) mass is 409 g/mol. The Kier molecular flexibility index (Phi) is 5.58. The number of aryl methyl sites for hydroxylation is 1. The molecule has 0 spiro atoms. The molecule has 154 valence electrons. The van der Waals surface area contributed by atoms with E-state index >= 15 is 0 Å². The highest BCUT2D eigenvalue weighted by Crippen LogP contribution is 2.31. The summed E-state index contributed by atoms with van der Waals surface area (Å²) in [6.07, 6.45) is 0. The van der Waals surface area contributed by atoms with Crippen molar-refractivity contribution in [3.63, 3.8) is 0 Å². The van der Waals surface area contributed by atoms with Gasteiger partial charge in [-0.1, -0.05) is 36.4 Å². The van der Waals surface area contributed by atoms with Gasteiger partial charge in [-0.2, -0.15) is 10.2 Å². The number of rotatable bonds is 4. The maximum atomic E-state index is 12.4. The molecule has 1 aromatic heterocycles. The lowest BCUT2D eigenvalue weighted by Gasteiger charge is -2.09. The van der Waals surface area contributed by atoms with Gasteiger partial charge in [0.25, 0.3) is 0 Å². The van der Waals surface area contributed by atoms with E-state index in [4.69, 9.17) is 9.41 Å². The van der Waals surface area contributed by atoms with Gasteiger partial charge in [-0.05, 0) is 74.7 Å². The van der Waals surface area contributed by atoms with Gasteiger partial charge in [-0.3, -0.25) is 4.99 Å². The first-order valence-electron chi connectivity index (χ1n) is 10.1. The molecule has 5 nitrogen and oxygen atoms in total. The molecular formula is C26H23N3O2. The fourth-order valence-corrected chi connectivity index (χ4v) is 3.36. The van der Waals surface area contributed by atoms with E-state index in [1.54, 1.807) is 6.07 Å². The molecule has 0 atom stereocenters. The number of azo groups is 1. The molecule has 0 aliphatic rings. The molecule has 0 amide bonds. The van der Waals surface area contributed by atoms with Gasteiger partial charge in [-0.25, -0.2) is 4.79 Å². The fraction of sp³-hybridized carbons (Fsp3) is 0.154. The van der Waals surface area contributed by atoms with Crippen LogP contribution in [-0.2, 0) is 0 Å². The number of fused-ring (bicyclic) bond motifs is 1. The first-order valence-corrected chi connectivity index (χ1v) is 10.1. The van der Waals surface area contributed by atoms with Gasteiger partial charge >= 0.3 is 5.63 Å². The summed E-state index contributed by atoms with van der Waals surface area (Å²) < 4.78 is 5.44. The van der Waals surface area contributed by atoms with Crippen LogP contribution in [0.5, 0.6) is 0 Å². The maximum Gasteiger partial charge on any atom is 0.345 e. The van der Waals surface area contributed by atoms with Crippen molar-refractivity contribution in [2.75, 3.05) is 0 Å². The number of para-hydroxylation sites is 1. The summed E-state index contributed by atoms with van der Waals surface area (Å²) in [5, 5.41) is 9.70. The Morgan fingerprint density at radius 1 is 0.774 bits per heavy atom. The molecule has 0 aliphatic heterocycles. The minimum absolute atomic E-state index is 0.391. The summed E-state index contributed by atoms with van der Waals surface area (Å²) in [5.41, 5.74) is 6.74. The standard InChI is InChI=1S/C26H23N3O2/c1-16-9-5-7-11-22(16)28-29-24-14-13-23(17(2)18(24)3)27-19(4)21-15-20-10-6-8-12-25(20)31-26(21)30/h5-15H,1-4H3. The first-order chi connectivity index (χ1) is 14.9. The molecule has 0 saturated heterocycles. The van der Waals surface area contributed by atoms with Gasteiger partial charge in [0.2, 0.25) is 0 Å². The van der Waals surface area contributed by atoms with Crippen molar-refractivity contribution in [2.45, 2.75) is 27.7 Å². The van der Waals surface area contributed by atoms with Crippen molar-refractivity contribution in [2.24, 2.45) is 15.2 Å². The quantitative estimate of drug-likeness (QED) is 0.202. The van der Waals surface area contributed by atoms with Crippen LogP contribution < -0.4 is 5.63 Å². The summed E-state index contributed by atoms with van der Waals surface area (Å²) in [4.78, 5) is 17.2. The normalized spacial score (nSPS) is 12.1. The van der Waals surface area contributed by atoms with Crippen LogP contribution in [0.2, 0.25) is 0 Å². The van der Waals surface area contributed by atoms with Crippen LogP contribution in [0.1, 0.15) is 29.2 Å². The summed E-state index contributed by atoms with van der Waals surface area (Å²) in [6, 6.07) is 21.0. The van der Waals surface area contributed by atoms with E-state index in [0.29, 0.717) is 16.9 Å². The van der Waals surface area contributed by atoms with Crippen molar-refractivity contribution in [1.82, 2.24) is 0 Å². The fourth-order valence-electron chi connectivity index (χ4n) is 3.36. The number of hydrogen-bond acceptors (Lipinski definition) is 5. The summed E-state index contributed by atoms with van der Waals surface area (Å²) in [6.45, 7) is 7.83. The molecule has 1 heterocycles. The van der Waals surface area contributed by atoms with E-state index in [2.05, 4.69) is 10.2 Å². The Bertz CT molecular complexity index is 1400. The van der Waals surface area contributed by atoms with Crippen molar-refractivity contribution < 1.29 is 4.42 Å². The highest BCUT2D eigenvalue weighted by molar-refractivity contribution is 6.02. The predicted octanol–water partition coefficient (Wildman–Crippen LogP) is 7.27. The van der Waals surface area contributed by atoms with Crippen LogP contribution in [0, 0.1) is 20.8 Å². The molecule has 0 fully saturated rings. The molecule has 0 unspecified atom stereocenters. The average Bonchev–Trinajstić information content (AvgIpc) is 2.77. The summed E-state index contributed by atoms with van der Waals surface area (Å²) in [5.74, 6) is 0. The van der Waals surface area contributed by atoms with Crippen LogP contribution in [0.4, 0.5) is 17.1 Å². The maximum absolute atomic E-state index is 12.4. The molecule has 3 aromatic carbocycles. The molecule has 0 N–H and O–H groups in total. The highest BCUT2D eigenvalue weighted by Gasteiger charge is 2.11. The third-order valence-electron chi connectivity index (χ3n) is 5.43. The van der Waals surface area contributed by atoms with Crippen LogP contribution in [0.3, 0.4) is 0 Å². The second kappa shape index (κ2) is 8.48. The predicted molar refractivity (Wildman–Crippen MR) is 126 cm³/mol. The Labute approximate surface area is 180 Å². The third-order valence-corrected chi connectivity index (χ3v) is 5.43. The number of hydrogen-bond donors (Lipinski definition) is 0. The van der Waals surface area contributed by atoms with Gasteiger partial charge in [-0.15, -0.1) is 0 Å². The van der Waals surface area contributed by atoms with E-state index in [9.17, 15) is 4.79 Å². The Hall–Kier alpha value is -3.86. The number of nitrogens with zero attached hydrogens (tertiary/aromatic N) is 3. The van der Waals surface area contributed by atoms with E-state index in [0.717, 1.165) is 39.1 Å². The topological polar surface area (TPSA) is 67.3 Å². The Morgan fingerprint density at radius 2 is 1.42 bits per heavy atom. The van der Waals surface area contributed by atoms with Crippen LogP contribution in [0.25, 0.3) is 11.0 Å². The SMILES string of the molecule is CC(=Nc1ccc(N=Nc2ccccc2C)c(C)c1C)c1cc2ccccc2oc1=O. The lowest BCUT2D eigenvalue weighted by atomic mass is 10.1. The average molecular weight is 409 g/mol. The second-order valence-corrected chi connectivity index (χ2v) is 7.52. The van der Waals surface area contributed by atoms with Crippen LogP contribution in [0.15, 0.2) is 91.2 Å². The van der Waals surface area contributed by atoms with Crippen molar-refractivity contribution in [1.29, 1.82) is 0 Å². The van der Waals surface area contributed by atoms with Crippen LogP contribution >= 0.6 is 0 Å². The molecule has 0 saturated carbocycles. The summed E-state index contributed by atoms with van der Waals surface area (Å²) in [7, 11) is 0. The van der Waals surface area contributed by atoms with Gasteiger partial charge in [0.05, 0.1) is 28.3 Å². The smallest absolute Gasteiger partial charge is 0.345 e. The zero-order valence-corrected chi connectivity index (χ0v) is 18.0. The van der Waals surface area contributed by atoms with Crippen molar-refractivity contribution >= 4 is 33.7 Å². The van der Waals surface area contributed by atoms with E-state index in [-0.39, 0.29) is 0 Å². The van der Waals surface area contributed by atoms with E-state index in [1.165, 1.54) is 0 Å². The number of aliphatic imine (C=N–C) groups is 1.